The van der Waals surface area contributed by atoms with Crippen molar-refractivity contribution in [1.82, 2.24) is 0 Å². The molecule has 0 saturated carbocycles. The number of rotatable bonds is 5. The van der Waals surface area contributed by atoms with Gasteiger partial charge in [0.1, 0.15) is 5.75 Å². The number of allylic oxidation sites excluding steroid dienone is 4. The molecular formula is C22H30F3NO4S. The van der Waals surface area contributed by atoms with E-state index < -0.39 is 17.7 Å². The van der Waals surface area contributed by atoms with Gasteiger partial charge in [-0.25, -0.2) is 0 Å². The zero-order chi connectivity index (χ0) is 24.0. The van der Waals surface area contributed by atoms with Gasteiger partial charge in [-0.2, -0.15) is 13.2 Å². The van der Waals surface area contributed by atoms with Gasteiger partial charge in [0.15, 0.2) is 5.78 Å². The summed E-state index contributed by atoms with van der Waals surface area (Å²) in [4.78, 5) is 23.5. The molecule has 0 heterocycles. The van der Waals surface area contributed by atoms with Crippen LogP contribution in [0.15, 0.2) is 40.8 Å². The molecule has 0 aromatic heterocycles. The summed E-state index contributed by atoms with van der Waals surface area (Å²) in [6, 6.07) is 4.84. The lowest BCUT2D eigenvalue weighted by atomic mass is 10.0. The van der Waals surface area contributed by atoms with Crippen molar-refractivity contribution in [3.63, 3.8) is 0 Å². The number of alkyl halides is 3. The number of Topliss-reactive ketones (excluding diaryl/α,β-unsaturated/α-hetero) is 1. The Morgan fingerprint density at radius 2 is 1.74 bits per heavy atom. The Labute approximate surface area is 186 Å². The average molecular weight is 462 g/mol. The molecule has 0 fully saturated rings. The van der Waals surface area contributed by atoms with E-state index in [2.05, 4.69) is 17.4 Å². The highest BCUT2D eigenvalue weighted by Gasteiger charge is 2.32. The van der Waals surface area contributed by atoms with Gasteiger partial charge in [-0.1, -0.05) is 26.0 Å². The number of hydrogen-bond acceptors (Lipinski definition) is 6. The molecular weight excluding hydrogens is 431 g/mol. The predicted octanol–water partition coefficient (Wildman–Crippen LogP) is 5.91. The number of ketones is 1. The summed E-state index contributed by atoms with van der Waals surface area (Å²) >= 11 is 4.02. The molecule has 0 bridgehead atoms. The first-order valence-electron chi connectivity index (χ1n) is 9.78. The molecule has 1 aliphatic rings. The maximum Gasteiger partial charge on any atom is 0.412 e. The van der Waals surface area contributed by atoms with Crippen molar-refractivity contribution in [3.8, 4) is 5.75 Å². The van der Waals surface area contributed by atoms with Crippen LogP contribution in [0.4, 0.5) is 18.9 Å². The van der Waals surface area contributed by atoms with E-state index >= 15 is 0 Å². The fourth-order valence-electron chi connectivity index (χ4n) is 2.42. The number of carbonyl (C=O) groups is 2. The summed E-state index contributed by atoms with van der Waals surface area (Å²) in [6.07, 6.45) is -0.233. The van der Waals surface area contributed by atoms with Crippen LogP contribution < -0.4 is 10.5 Å². The van der Waals surface area contributed by atoms with Gasteiger partial charge in [0.2, 0.25) is 0 Å². The molecule has 174 valence electrons. The van der Waals surface area contributed by atoms with Crippen LogP contribution in [0.3, 0.4) is 0 Å². The van der Waals surface area contributed by atoms with Gasteiger partial charge in [-0.3, -0.25) is 9.59 Å². The topological polar surface area (TPSA) is 78.6 Å². The Kier molecular flexibility index (Phi) is 13.4. The molecule has 0 spiro atoms. The first kappa shape index (κ1) is 28.6. The van der Waals surface area contributed by atoms with Crippen LogP contribution in [0.2, 0.25) is 0 Å². The van der Waals surface area contributed by atoms with Gasteiger partial charge in [0.05, 0.1) is 20.6 Å². The number of methoxy groups -OCH3 is 2. The van der Waals surface area contributed by atoms with Crippen LogP contribution in [0.1, 0.15) is 56.3 Å². The maximum atomic E-state index is 12.1. The van der Waals surface area contributed by atoms with Gasteiger partial charge < -0.3 is 15.2 Å². The lowest BCUT2D eigenvalue weighted by Crippen LogP contribution is -2.11. The molecule has 9 heteroatoms. The molecule has 0 saturated heterocycles. The monoisotopic (exact) mass is 461 g/mol. The molecule has 0 atom stereocenters. The van der Waals surface area contributed by atoms with Crippen molar-refractivity contribution in [1.29, 1.82) is 0 Å². The van der Waals surface area contributed by atoms with Gasteiger partial charge >= 0.3 is 12.1 Å². The first-order chi connectivity index (χ1) is 14.6. The molecule has 5 nitrogen and oxygen atoms in total. The van der Waals surface area contributed by atoms with Crippen molar-refractivity contribution in [3.05, 3.63) is 46.4 Å². The Morgan fingerprint density at radius 3 is 2.29 bits per heavy atom. The number of nitrogens with two attached hydrogens (primary N) is 1. The minimum absolute atomic E-state index is 0.0476. The van der Waals surface area contributed by atoms with Crippen LogP contribution in [0.25, 0.3) is 0 Å². The van der Waals surface area contributed by atoms with Crippen LogP contribution in [-0.4, -0.2) is 32.1 Å². The summed E-state index contributed by atoms with van der Waals surface area (Å²) in [5, 5.41) is 0. The lowest BCUT2D eigenvalue weighted by Gasteiger charge is -2.08. The van der Waals surface area contributed by atoms with Gasteiger partial charge in [0, 0.05) is 23.2 Å². The van der Waals surface area contributed by atoms with E-state index in [4.69, 9.17) is 10.5 Å². The Bertz CT molecular complexity index is 789. The number of ether oxygens (including phenoxy) is 2. The highest BCUT2D eigenvalue weighted by Crippen LogP contribution is 2.32. The molecule has 1 aromatic carbocycles. The highest BCUT2D eigenvalue weighted by atomic mass is 32.1. The number of nitrogen functional groups attached to an aromatic ring is 1. The van der Waals surface area contributed by atoms with E-state index in [0.29, 0.717) is 34.7 Å². The van der Waals surface area contributed by atoms with Gasteiger partial charge in [-0.15, -0.1) is 12.6 Å². The predicted molar refractivity (Wildman–Crippen MR) is 119 cm³/mol. The molecule has 0 amide bonds. The van der Waals surface area contributed by atoms with Crippen LogP contribution in [0.5, 0.6) is 5.75 Å². The summed E-state index contributed by atoms with van der Waals surface area (Å²) in [5.74, 6) is -0.0627. The van der Waals surface area contributed by atoms with E-state index in [1.807, 2.05) is 13.8 Å². The molecule has 2 N–H and O–H groups in total. The summed E-state index contributed by atoms with van der Waals surface area (Å²) in [6.45, 7) is 4.00. The number of carbonyl (C=O) groups excluding carboxylic acids is 2. The molecule has 31 heavy (non-hydrogen) atoms. The largest absolute Gasteiger partial charge is 0.497 e. The zero-order valence-corrected chi connectivity index (χ0v) is 19.1. The summed E-state index contributed by atoms with van der Waals surface area (Å²) in [5.41, 5.74) is 5.98. The van der Waals surface area contributed by atoms with Crippen molar-refractivity contribution >= 4 is 30.1 Å². The third-order valence-corrected chi connectivity index (χ3v) is 4.44. The van der Waals surface area contributed by atoms with E-state index in [1.54, 1.807) is 18.2 Å². The number of anilines is 1. The highest BCUT2D eigenvalue weighted by molar-refractivity contribution is 7.84. The molecule has 1 aliphatic carbocycles. The van der Waals surface area contributed by atoms with E-state index in [1.165, 1.54) is 20.3 Å². The fraction of sp³-hybridized carbons (Fsp3) is 0.455. The number of esters is 1. The summed E-state index contributed by atoms with van der Waals surface area (Å²) < 4.78 is 45.9. The Hall–Kier alpha value is -2.42. The van der Waals surface area contributed by atoms with Crippen molar-refractivity contribution < 1.29 is 32.2 Å². The minimum Gasteiger partial charge on any atom is -0.497 e. The van der Waals surface area contributed by atoms with Gasteiger partial charge in [0.25, 0.3) is 0 Å². The number of hydrogen-bond donors (Lipinski definition) is 2. The second-order valence-electron chi connectivity index (χ2n) is 6.15. The van der Waals surface area contributed by atoms with E-state index in [-0.39, 0.29) is 25.0 Å². The third kappa shape index (κ3) is 11.0. The molecule has 0 aliphatic heterocycles. The third-order valence-electron chi connectivity index (χ3n) is 4.06. The Balaban J connectivity index is 0.000000564. The quantitative estimate of drug-likeness (QED) is 0.247. The van der Waals surface area contributed by atoms with Crippen LogP contribution in [0, 0.1) is 0 Å². The van der Waals surface area contributed by atoms with Gasteiger partial charge in [-0.05, 0) is 42.4 Å². The normalized spacial score (nSPS) is 13.2. The van der Waals surface area contributed by atoms with E-state index in [0.717, 1.165) is 6.08 Å². The average Bonchev–Trinajstić information content (AvgIpc) is 2.98. The second-order valence-corrected chi connectivity index (χ2v) is 6.73. The molecule has 0 radical (unpaired) electrons. The van der Waals surface area contributed by atoms with E-state index in [9.17, 15) is 22.8 Å². The number of benzene rings is 1. The second kappa shape index (κ2) is 14.6. The first-order valence-corrected chi connectivity index (χ1v) is 10.2. The molecule has 0 unspecified atom stereocenters. The molecule has 1 aromatic rings. The smallest absolute Gasteiger partial charge is 0.412 e. The Morgan fingerprint density at radius 1 is 1.10 bits per heavy atom. The fourth-order valence-corrected chi connectivity index (χ4v) is 2.65. The van der Waals surface area contributed by atoms with Crippen molar-refractivity contribution in [2.24, 2.45) is 0 Å². The zero-order valence-electron chi connectivity index (χ0n) is 18.2. The number of thiol groups is 1. The SMILES string of the molecule is CC.COC(=O)CCC(=O)c1cc(OC)ccc1N.FC(F)(F)C1=CC=C(S)CCC1. The van der Waals surface area contributed by atoms with Crippen molar-refractivity contribution in [2.75, 3.05) is 20.0 Å². The standard InChI is InChI=1S/C12H15NO4.C8H9F3S.C2H6/c1-16-8-3-4-10(13)9(7-8)11(14)5-6-12(15)17-2;9-8(10,11)6-2-1-3-7(12)5-4-6;1-2/h3-4,7H,5-6,13H2,1-2H3;4-5,12H,1-3H2;1-2H3. The maximum absolute atomic E-state index is 12.1. The lowest BCUT2D eigenvalue weighted by molar-refractivity contribution is -0.140. The molecule has 2 rings (SSSR count). The van der Waals surface area contributed by atoms with Crippen LogP contribution >= 0.6 is 12.6 Å². The van der Waals surface area contributed by atoms with Crippen molar-refractivity contribution in [2.45, 2.75) is 52.1 Å². The summed E-state index contributed by atoms with van der Waals surface area (Å²) in [7, 11) is 2.79. The number of halogens is 3. The van der Waals surface area contributed by atoms with Crippen LogP contribution in [-0.2, 0) is 9.53 Å². The minimum atomic E-state index is -4.17.